The summed E-state index contributed by atoms with van der Waals surface area (Å²) >= 11 is 0. The molecule has 1 aliphatic heterocycles. The van der Waals surface area contributed by atoms with Crippen LogP contribution in [0.15, 0.2) is 12.7 Å². The molecule has 0 atom stereocenters. The Balaban J connectivity index is 2.83. The summed E-state index contributed by atoms with van der Waals surface area (Å²) in [5.41, 5.74) is -1.22. The van der Waals surface area contributed by atoms with Gasteiger partial charge in [0.15, 0.2) is 5.78 Å². The summed E-state index contributed by atoms with van der Waals surface area (Å²) in [5.74, 6) is 0.444. The molecule has 1 heterocycles. The molecule has 0 unspecified atom stereocenters. The number of nitrogens with zero attached hydrogens (tertiary/aromatic N) is 1. The molecule has 0 amide bonds. The Bertz CT molecular complexity index is 375. The molecule has 122 valence electrons. The first-order valence-corrected chi connectivity index (χ1v) is 7.68. The minimum Gasteiger partial charge on any atom is -0.388 e. The molecule has 0 aromatic rings. The molecule has 0 aromatic carbocycles. The molecule has 1 rings (SSSR count). The van der Waals surface area contributed by atoms with Crippen molar-refractivity contribution < 1.29 is 14.7 Å². The molecule has 0 aliphatic carbocycles. The molecule has 4 nitrogen and oxygen atoms in total. The fourth-order valence-electron chi connectivity index (χ4n) is 3.55. The standard InChI is InChI=1S/C17H31NO3/c1-8-14(19)9-13-10-15(2,3)18(16(4,5)11-13)21-12-17(6,7)20/h8,13,20H,1,9-12H2,2-7H3. The third-order valence-corrected chi connectivity index (χ3v) is 3.94. The fourth-order valence-corrected chi connectivity index (χ4v) is 3.55. The monoisotopic (exact) mass is 297 g/mol. The van der Waals surface area contributed by atoms with E-state index in [0.29, 0.717) is 12.3 Å². The van der Waals surface area contributed by atoms with Gasteiger partial charge < -0.3 is 5.11 Å². The third kappa shape index (κ3) is 5.20. The second-order valence-electron chi connectivity index (χ2n) is 8.15. The van der Waals surface area contributed by atoms with Gasteiger partial charge in [-0.05, 0) is 66.4 Å². The maximum absolute atomic E-state index is 11.6. The van der Waals surface area contributed by atoms with Crippen molar-refractivity contribution in [2.45, 2.75) is 77.5 Å². The number of carbonyl (C=O) groups is 1. The largest absolute Gasteiger partial charge is 0.388 e. The predicted molar refractivity (Wildman–Crippen MR) is 84.8 cm³/mol. The number of hydroxylamine groups is 2. The molecular formula is C17H31NO3. The minimum absolute atomic E-state index is 0.109. The summed E-state index contributed by atoms with van der Waals surface area (Å²) in [7, 11) is 0. The Hall–Kier alpha value is -0.710. The van der Waals surface area contributed by atoms with Crippen LogP contribution in [0.2, 0.25) is 0 Å². The number of hydrogen-bond acceptors (Lipinski definition) is 4. The van der Waals surface area contributed by atoms with Crippen molar-refractivity contribution in [1.82, 2.24) is 5.06 Å². The van der Waals surface area contributed by atoms with Crippen LogP contribution < -0.4 is 0 Å². The van der Waals surface area contributed by atoms with Gasteiger partial charge in [0.05, 0.1) is 12.2 Å². The first kappa shape index (κ1) is 18.3. The van der Waals surface area contributed by atoms with Gasteiger partial charge in [-0.25, -0.2) is 0 Å². The molecule has 4 heteroatoms. The highest BCUT2D eigenvalue weighted by Gasteiger charge is 2.47. The van der Waals surface area contributed by atoms with Gasteiger partial charge in [0, 0.05) is 17.5 Å². The molecular weight excluding hydrogens is 266 g/mol. The molecule has 0 spiro atoms. The van der Waals surface area contributed by atoms with E-state index in [1.807, 2.05) is 5.06 Å². The van der Waals surface area contributed by atoms with E-state index in [2.05, 4.69) is 34.3 Å². The van der Waals surface area contributed by atoms with Crippen LogP contribution in [-0.4, -0.2) is 39.2 Å². The minimum atomic E-state index is -0.859. The van der Waals surface area contributed by atoms with Crippen LogP contribution in [0.3, 0.4) is 0 Å². The summed E-state index contributed by atoms with van der Waals surface area (Å²) in [4.78, 5) is 17.6. The Kier molecular flexibility index (Phi) is 5.40. The van der Waals surface area contributed by atoms with E-state index >= 15 is 0 Å². The Morgan fingerprint density at radius 1 is 1.33 bits per heavy atom. The van der Waals surface area contributed by atoms with Gasteiger partial charge >= 0.3 is 0 Å². The van der Waals surface area contributed by atoms with Gasteiger partial charge in [0.2, 0.25) is 0 Å². The summed E-state index contributed by atoms with van der Waals surface area (Å²) in [5, 5.41) is 11.9. The second-order valence-corrected chi connectivity index (χ2v) is 8.15. The average molecular weight is 297 g/mol. The van der Waals surface area contributed by atoms with Gasteiger partial charge in [-0.3, -0.25) is 9.63 Å². The number of hydrogen-bond donors (Lipinski definition) is 1. The van der Waals surface area contributed by atoms with E-state index in [1.54, 1.807) is 13.8 Å². The highest BCUT2D eigenvalue weighted by molar-refractivity contribution is 5.89. The zero-order valence-electron chi connectivity index (χ0n) is 14.4. The van der Waals surface area contributed by atoms with Crippen molar-refractivity contribution in [2.24, 2.45) is 5.92 Å². The maximum Gasteiger partial charge on any atom is 0.155 e. The second kappa shape index (κ2) is 6.19. The molecule has 1 fully saturated rings. The quantitative estimate of drug-likeness (QED) is 0.765. The van der Waals surface area contributed by atoms with Crippen molar-refractivity contribution in [3.8, 4) is 0 Å². The SMILES string of the molecule is C=CC(=O)CC1CC(C)(C)N(OCC(C)(C)O)C(C)(C)C1. The number of allylic oxidation sites excluding steroid dienone is 1. The van der Waals surface area contributed by atoms with Crippen LogP contribution in [0, 0.1) is 5.92 Å². The van der Waals surface area contributed by atoms with Crippen LogP contribution in [0.5, 0.6) is 0 Å². The van der Waals surface area contributed by atoms with Gasteiger partial charge in [-0.15, -0.1) is 0 Å². The van der Waals surface area contributed by atoms with Gasteiger partial charge in [-0.1, -0.05) is 6.58 Å². The zero-order chi connectivity index (χ0) is 16.5. The number of carbonyl (C=O) groups excluding carboxylic acids is 1. The average Bonchev–Trinajstić information content (AvgIpc) is 2.23. The zero-order valence-corrected chi connectivity index (χ0v) is 14.4. The summed E-state index contributed by atoms with van der Waals surface area (Å²) in [6, 6.07) is 0. The van der Waals surface area contributed by atoms with Crippen molar-refractivity contribution in [3.63, 3.8) is 0 Å². The van der Waals surface area contributed by atoms with Crippen LogP contribution >= 0.6 is 0 Å². The molecule has 0 saturated carbocycles. The number of rotatable bonds is 6. The predicted octanol–water partition coefficient (Wildman–Crippen LogP) is 3.10. The van der Waals surface area contributed by atoms with Crippen LogP contribution in [0.1, 0.15) is 60.8 Å². The van der Waals surface area contributed by atoms with Crippen molar-refractivity contribution in [3.05, 3.63) is 12.7 Å². The maximum atomic E-state index is 11.6. The van der Waals surface area contributed by atoms with Crippen molar-refractivity contribution >= 4 is 5.78 Å². The van der Waals surface area contributed by atoms with Gasteiger partial charge in [0.1, 0.15) is 0 Å². The highest BCUT2D eigenvalue weighted by Crippen LogP contribution is 2.43. The van der Waals surface area contributed by atoms with E-state index in [-0.39, 0.29) is 23.5 Å². The molecule has 0 aromatic heterocycles. The molecule has 1 aliphatic rings. The van der Waals surface area contributed by atoms with Gasteiger partial charge in [-0.2, -0.15) is 5.06 Å². The normalized spacial score (nSPS) is 23.0. The summed E-state index contributed by atoms with van der Waals surface area (Å²) < 4.78 is 0. The molecule has 0 bridgehead atoms. The topological polar surface area (TPSA) is 49.8 Å². The molecule has 1 N–H and O–H groups in total. The van der Waals surface area contributed by atoms with E-state index < -0.39 is 5.60 Å². The van der Waals surface area contributed by atoms with Crippen LogP contribution in [-0.2, 0) is 9.63 Å². The first-order valence-electron chi connectivity index (χ1n) is 7.68. The van der Waals surface area contributed by atoms with E-state index in [4.69, 9.17) is 4.84 Å². The van der Waals surface area contributed by atoms with Gasteiger partial charge in [0.25, 0.3) is 0 Å². The first-order chi connectivity index (χ1) is 9.37. The number of aliphatic hydroxyl groups is 1. The Morgan fingerprint density at radius 2 is 1.81 bits per heavy atom. The number of piperidine rings is 1. The van der Waals surface area contributed by atoms with E-state index in [1.165, 1.54) is 6.08 Å². The highest BCUT2D eigenvalue weighted by atomic mass is 16.7. The molecule has 0 radical (unpaired) electrons. The smallest absolute Gasteiger partial charge is 0.155 e. The molecule has 1 saturated heterocycles. The number of ketones is 1. The van der Waals surface area contributed by atoms with Crippen molar-refractivity contribution in [2.75, 3.05) is 6.61 Å². The third-order valence-electron chi connectivity index (χ3n) is 3.94. The lowest BCUT2D eigenvalue weighted by atomic mass is 9.73. The lowest BCUT2D eigenvalue weighted by Gasteiger charge is -2.54. The van der Waals surface area contributed by atoms with Crippen LogP contribution in [0.4, 0.5) is 0 Å². The summed E-state index contributed by atoms with van der Waals surface area (Å²) in [6.07, 6.45) is 3.75. The van der Waals surface area contributed by atoms with Crippen molar-refractivity contribution in [1.29, 1.82) is 0 Å². The van der Waals surface area contributed by atoms with E-state index in [9.17, 15) is 9.90 Å². The lowest BCUT2D eigenvalue weighted by Crippen LogP contribution is -2.61. The van der Waals surface area contributed by atoms with Crippen LogP contribution in [0.25, 0.3) is 0 Å². The summed E-state index contributed by atoms with van der Waals surface area (Å²) in [6.45, 7) is 15.8. The van der Waals surface area contributed by atoms with E-state index in [0.717, 1.165) is 12.8 Å². The Labute approximate surface area is 129 Å². The molecule has 21 heavy (non-hydrogen) atoms. The lowest BCUT2D eigenvalue weighted by molar-refractivity contribution is -0.302. The fraction of sp³-hybridized carbons (Fsp3) is 0.824. The Morgan fingerprint density at radius 3 is 2.19 bits per heavy atom.